The molecule has 0 aromatic heterocycles. The molecule has 0 saturated heterocycles. The van der Waals surface area contributed by atoms with Crippen LogP contribution in [0.5, 0.6) is 0 Å². The molecule has 2 rings (SSSR count). The zero-order valence-electron chi connectivity index (χ0n) is 10.1. The van der Waals surface area contributed by atoms with E-state index in [1.807, 2.05) is 0 Å². The highest BCUT2D eigenvalue weighted by Gasteiger charge is 2.29. The van der Waals surface area contributed by atoms with Crippen LogP contribution in [0.4, 0.5) is 13.2 Å². The smallest absolute Gasteiger partial charge is 0.366 e. The third-order valence-electron chi connectivity index (χ3n) is 2.69. The second-order valence-corrected chi connectivity index (χ2v) is 4.02. The SMILES string of the molecule is Cl.NC(=O)c1cccc(-c2ccc(C(F)(F)F)cc2)c1. The maximum atomic E-state index is 12.4. The molecule has 2 aromatic rings. The van der Waals surface area contributed by atoms with E-state index in [2.05, 4.69) is 0 Å². The molecule has 1 amide bonds. The van der Waals surface area contributed by atoms with Gasteiger partial charge in [-0.2, -0.15) is 13.2 Å². The van der Waals surface area contributed by atoms with Gasteiger partial charge in [0.15, 0.2) is 0 Å². The van der Waals surface area contributed by atoms with Gasteiger partial charge in [0.1, 0.15) is 0 Å². The molecular formula is C14H11ClF3NO. The molecule has 0 radical (unpaired) electrons. The van der Waals surface area contributed by atoms with Gasteiger partial charge in [0.05, 0.1) is 5.56 Å². The van der Waals surface area contributed by atoms with Crippen LogP contribution in [0.1, 0.15) is 15.9 Å². The average molecular weight is 302 g/mol. The van der Waals surface area contributed by atoms with E-state index in [0.717, 1.165) is 12.1 Å². The fourth-order valence-corrected chi connectivity index (χ4v) is 1.70. The summed E-state index contributed by atoms with van der Waals surface area (Å²) in [4.78, 5) is 11.0. The summed E-state index contributed by atoms with van der Waals surface area (Å²) in [6.07, 6.45) is -4.35. The Bertz CT molecular complexity index is 609. The Kier molecular flexibility index (Phi) is 4.78. The molecule has 0 unspecified atom stereocenters. The molecule has 0 saturated carbocycles. The Labute approximate surface area is 119 Å². The van der Waals surface area contributed by atoms with Crippen LogP contribution in [0, 0.1) is 0 Å². The summed E-state index contributed by atoms with van der Waals surface area (Å²) in [6.45, 7) is 0. The second kappa shape index (κ2) is 5.96. The Balaban J connectivity index is 0.00000200. The van der Waals surface area contributed by atoms with Gasteiger partial charge in [-0.3, -0.25) is 4.79 Å². The number of amides is 1. The molecule has 0 atom stereocenters. The lowest BCUT2D eigenvalue weighted by Crippen LogP contribution is -2.10. The monoisotopic (exact) mass is 301 g/mol. The highest BCUT2D eigenvalue weighted by Crippen LogP contribution is 2.31. The minimum absolute atomic E-state index is 0. The lowest BCUT2D eigenvalue weighted by atomic mass is 10.0. The van der Waals surface area contributed by atoms with Crippen molar-refractivity contribution in [3.63, 3.8) is 0 Å². The molecular weight excluding hydrogens is 291 g/mol. The Hall–Kier alpha value is -2.01. The van der Waals surface area contributed by atoms with Gasteiger partial charge < -0.3 is 5.73 Å². The Morgan fingerprint density at radius 3 is 2.05 bits per heavy atom. The van der Waals surface area contributed by atoms with Gasteiger partial charge in [-0.15, -0.1) is 12.4 Å². The summed E-state index contributed by atoms with van der Waals surface area (Å²) in [5.41, 5.74) is 6.00. The molecule has 0 aliphatic heterocycles. The highest BCUT2D eigenvalue weighted by molar-refractivity contribution is 5.94. The standard InChI is InChI=1S/C14H10F3NO.ClH/c15-14(16,17)12-6-4-9(5-7-12)10-2-1-3-11(8-10)13(18)19;/h1-8H,(H2,18,19);1H. The van der Waals surface area contributed by atoms with E-state index >= 15 is 0 Å². The van der Waals surface area contributed by atoms with E-state index in [0.29, 0.717) is 16.7 Å². The maximum Gasteiger partial charge on any atom is 0.416 e. The van der Waals surface area contributed by atoms with Crippen molar-refractivity contribution in [2.45, 2.75) is 6.18 Å². The first-order valence-electron chi connectivity index (χ1n) is 5.45. The van der Waals surface area contributed by atoms with E-state index in [9.17, 15) is 18.0 Å². The number of hydrogen-bond acceptors (Lipinski definition) is 1. The van der Waals surface area contributed by atoms with Crippen molar-refractivity contribution in [1.82, 2.24) is 0 Å². The third-order valence-corrected chi connectivity index (χ3v) is 2.69. The lowest BCUT2D eigenvalue weighted by Gasteiger charge is -2.08. The van der Waals surface area contributed by atoms with Crippen molar-refractivity contribution in [3.05, 3.63) is 59.7 Å². The number of nitrogens with two attached hydrogens (primary N) is 1. The van der Waals surface area contributed by atoms with Crippen molar-refractivity contribution in [3.8, 4) is 11.1 Å². The largest absolute Gasteiger partial charge is 0.416 e. The first-order valence-corrected chi connectivity index (χ1v) is 5.45. The zero-order valence-corrected chi connectivity index (χ0v) is 11.0. The van der Waals surface area contributed by atoms with Crippen molar-refractivity contribution in [2.24, 2.45) is 5.73 Å². The predicted octanol–water partition coefficient (Wildman–Crippen LogP) is 3.89. The summed E-state index contributed by atoms with van der Waals surface area (Å²) in [7, 11) is 0. The van der Waals surface area contributed by atoms with E-state index in [4.69, 9.17) is 5.73 Å². The van der Waals surface area contributed by atoms with Crippen LogP contribution in [0.3, 0.4) is 0 Å². The fourth-order valence-electron chi connectivity index (χ4n) is 1.70. The Morgan fingerprint density at radius 2 is 1.55 bits per heavy atom. The molecule has 0 spiro atoms. The van der Waals surface area contributed by atoms with Gasteiger partial charge in [0.25, 0.3) is 0 Å². The van der Waals surface area contributed by atoms with E-state index in [1.54, 1.807) is 24.3 Å². The molecule has 2 nitrogen and oxygen atoms in total. The van der Waals surface area contributed by atoms with Gasteiger partial charge >= 0.3 is 6.18 Å². The number of rotatable bonds is 2. The molecule has 0 bridgehead atoms. The van der Waals surface area contributed by atoms with Crippen LogP contribution in [0.15, 0.2) is 48.5 Å². The topological polar surface area (TPSA) is 43.1 Å². The average Bonchev–Trinajstić information content (AvgIpc) is 2.38. The molecule has 0 aliphatic carbocycles. The summed E-state index contributed by atoms with van der Waals surface area (Å²) >= 11 is 0. The normalized spacial score (nSPS) is 10.8. The molecule has 20 heavy (non-hydrogen) atoms. The number of halogens is 4. The summed E-state index contributed by atoms with van der Waals surface area (Å²) in [6, 6.07) is 11.2. The van der Waals surface area contributed by atoms with Crippen molar-refractivity contribution >= 4 is 18.3 Å². The van der Waals surface area contributed by atoms with E-state index in [1.165, 1.54) is 12.1 Å². The van der Waals surface area contributed by atoms with Gasteiger partial charge in [0, 0.05) is 5.56 Å². The molecule has 6 heteroatoms. The van der Waals surface area contributed by atoms with Gasteiger partial charge in [-0.25, -0.2) is 0 Å². The van der Waals surface area contributed by atoms with Crippen LogP contribution in [-0.4, -0.2) is 5.91 Å². The lowest BCUT2D eigenvalue weighted by molar-refractivity contribution is -0.137. The Morgan fingerprint density at radius 1 is 0.950 bits per heavy atom. The number of hydrogen-bond donors (Lipinski definition) is 1. The number of carbonyl (C=O) groups is 1. The minimum atomic E-state index is -4.35. The molecule has 0 heterocycles. The van der Waals surface area contributed by atoms with Crippen LogP contribution < -0.4 is 5.73 Å². The van der Waals surface area contributed by atoms with Crippen molar-refractivity contribution in [2.75, 3.05) is 0 Å². The summed E-state index contributed by atoms with van der Waals surface area (Å²) < 4.78 is 37.3. The molecule has 0 aliphatic rings. The predicted molar refractivity (Wildman–Crippen MR) is 72.6 cm³/mol. The van der Waals surface area contributed by atoms with Gasteiger partial charge in [-0.05, 0) is 35.4 Å². The van der Waals surface area contributed by atoms with Crippen LogP contribution in [0.2, 0.25) is 0 Å². The fraction of sp³-hybridized carbons (Fsp3) is 0.0714. The van der Waals surface area contributed by atoms with E-state index in [-0.39, 0.29) is 12.4 Å². The van der Waals surface area contributed by atoms with Crippen molar-refractivity contribution in [1.29, 1.82) is 0 Å². The van der Waals surface area contributed by atoms with Gasteiger partial charge in [-0.1, -0.05) is 24.3 Å². The number of primary amides is 1. The quantitative estimate of drug-likeness (QED) is 0.898. The minimum Gasteiger partial charge on any atom is -0.366 e. The van der Waals surface area contributed by atoms with Crippen LogP contribution in [0.25, 0.3) is 11.1 Å². The number of alkyl halides is 3. The van der Waals surface area contributed by atoms with E-state index < -0.39 is 17.6 Å². The number of carbonyl (C=O) groups excluding carboxylic acids is 1. The highest BCUT2D eigenvalue weighted by atomic mass is 35.5. The molecule has 2 N–H and O–H groups in total. The van der Waals surface area contributed by atoms with Gasteiger partial charge in [0.2, 0.25) is 5.91 Å². The maximum absolute atomic E-state index is 12.4. The second-order valence-electron chi connectivity index (χ2n) is 4.02. The molecule has 2 aromatic carbocycles. The van der Waals surface area contributed by atoms with Crippen LogP contribution >= 0.6 is 12.4 Å². The van der Waals surface area contributed by atoms with Crippen LogP contribution in [-0.2, 0) is 6.18 Å². The third kappa shape index (κ3) is 3.51. The first-order chi connectivity index (χ1) is 8.88. The molecule has 0 fully saturated rings. The number of benzene rings is 2. The molecule has 106 valence electrons. The van der Waals surface area contributed by atoms with Crippen molar-refractivity contribution < 1.29 is 18.0 Å². The zero-order chi connectivity index (χ0) is 14.0. The first kappa shape index (κ1) is 16.0. The summed E-state index contributed by atoms with van der Waals surface area (Å²) in [5, 5.41) is 0. The summed E-state index contributed by atoms with van der Waals surface area (Å²) in [5.74, 6) is -0.575.